The van der Waals surface area contributed by atoms with Crippen LogP contribution in [0.25, 0.3) is 0 Å². The summed E-state index contributed by atoms with van der Waals surface area (Å²) in [5.74, 6) is -0.490. The molecule has 0 spiro atoms. The Kier molecular flexibility index (Phi) is 32.2. The molecule has 0 aliphatic rings. The van der Waals surface area contributed by atoms with Gasteiger partial charge >= 0.3 is 12.3 Å². The first-order valence-electron chi connectivity index (χ1n) is 6.59. The molecule has 0 aromatic carbocycles. The van der Waals surface area contributed by atoms with E-state index in [1.54, 1.807) is 42.6 Å². The molecule has 29 heavy (non-hydrogen) atoms. The van der Waals surface area contributed by atoms with Crippen LogP contribution < -0.4 is 5.73 Å². The van der Waals surface area contributed by atoms with Crippen LogP contribution in [-0.4, -0.2) is 53.4 Å². The molecule has 0 aliphatic heterocycles. The van der Waals surface area contributed by atoms with E-state index in [0.717, 1.165) is 0 Å². The Bertz CT molecular complexity index is 709. The van der Waals surface area contributed by atoms with Crippen LogP contribution in [0.2, 0.25) is 0 Å². The van der Waals surface area contributed by atoms with E-state index in [9.17, 15) is 9.59 Å². The van der Waals surface area contributed by atoms with Gasteiger partial charge in [0.05, 0.1) is 14.2 Å². The van der Waals surface area contributed by atoms with Gasteiger partial charge in [-0.2, -0.15) is 14.9 Å². The van der Waals surface area contributed by atoms with E-state index in [1.165, 1.54) is 20.4 Å². The Balaban J connectivity index is -0.0000000900. The molecule has 2 rings (SSSR count). The van der Waals surface area contributed by atoms with Gasteiger partial charge in [-0.3, -0.25) is 9.78 Å². The zero-order valence-electron chi connectivity index (χ0n) is 15.0. The Labute approximate surface area is 167 Å². The number of nitrogens with two attached hydrogens (primary N) is 1. The van der Waals surface area contributed by atoms with Crippen molar-refractivity contribution in [2.45, 2.75) is 7.43 Å². The summed E-state index contributed by atoms with van der Waals surface area (Å²) in [5, 5.41) is 8.23. The molecule has 12 nitrogen and oxygen atoms in total. The number of carbonyl (C=O) groups excluding carboxylic acids is 4. The van der Waals surface area contributed by atoms with Crippen molar-refractivity contribution in [2.24, 2.45) is 5.73 Å². The standard InChI is InChI=1S/C6H6N2O.C6H4N2.C3H6O3.CO2.CH4.2H2O/c7-6(9)5-3-1-2-4-8-5;7-5-6-3-1-2-4-8-6;1-5-3(4)6-2;2-1-3;;;/h1-4H,(H2,7,9);1-4H;1-2H3;;1H4;2*1H2. The van der Waals surface area contributed by atoms with Crippen molar-refractivity contribution >= 4 is 18.2 Å². The summed E-state index contributed by atoms with van der Waals surface area (Å²) in [7, 11) is 2.51. The summed E-state index contributed by atoms with van der Waals surface area (Å²) in [5.41, 5.74) is 5.68. The summed E-state index contributed by atoms with van der Waals surface area (Å²) < 4.78 is 8.08. The predicted molar refractivity (Wildman–Crippen MR) is 100 cm³/mol. The quantitative estimate of drug-likeness (QED) is 0.617. The van der Waals surface area contributed by atoms with Crippen LogP contribution in [0.4, 0.5) is 4.79 Å². The van der Waals surface area contributed by atoms with Crippen molar-refractivity contribution in [3.05, 3.63) is 60.2 Å². The number of hydrogen-bond donors (Lipinski definition) is 1. The Morgan fingerprint density at radius 3 is 1.59 bits per heavy atom. The van der Waals surface area contributed by atoms with Crippen LogP contribution in [0.3, 0.4) is 0 Å². The van der Waals surface area contributed by atoms with Crippen LogP contribution in [0.1, 0.15) is 23.6 Å². The lowest BCUT2D eigenvalue weighted by atomic mass is 10.3. The van der Waals surface area contributed by atoms with Crippen molar-refractivity contribution in [3.8, 4) is 6.07 Å². The van der Waals surface area contributed by atoms with Crippen molar-refractivity contribution in [2.75, 3.05) is 14.2 Å². The molecule has 0 radical (unpaired) electrons. The fraction of sp³-hybridized carbons (Fsp3) is 0.176. The molecule has 160 valence electrons. The molecule has 0 fully saturated rings. The van der Waals surface area contributed by atoms with Crippen LogP contribution in [0, 0.1) is 11.3 Å². The molecule has 0 unspecified atom stereocenters. The van der Waals surface area contributed by atoms with E-state index in [2.05, 4.69) is 19.4 Å². The highest BCUT2D eigenvalue weighted by molar-refractivity contribution is 5.90. The first-order valence-corrected chi connectivity index (χ1v) is 6.59. The van der Waals surface area contributed by atoms with Crippen LogP contribution in [-0.2, 0) is 19.1 Å². The minimum absolute atomic E-state index is 0. The highest BCUT2D eigenvalue weighted by atomic mass is 16.7. The first kappa shape index (κ1) is 35.9. The third-order valence-corrected chi connectivity index (χ3v) is 2.03. The average Bonchev–Trinajstić information content (AvgIpc) is 2.70. The summed E-state index contributed by atoms with van der Waals surface area (Å²) in [4.78, 5) is 43.8. The number of hydrogen-bond acceptors (Lipinski definition) is 9. The van der Waals surface area contributed by atoms with E-state index in [-0.39, 0.29) is 24.5 Å². The predicted octanol–water partition coefficient (Wildman–Crippen LogP) is -0.0638. The van der Waals surface area contributed by atoms with Gasteiger partial charge in [-0.15, -0.1) is 0 Å². The topological polar surface area (TPSA) is 225 Å². The SMILES string of the molecule is C.COC(=O)OC.N#Cc1ccccn1.NC(=O)c1ccccn1.O.O.O=C=O. The lowest BCUT2D eigenvalue weighted by Gasteiger charge is -1.89. The Morgan fingerprint density at radius 1 is 0.966 bits per heavy atom. The molecule has 1 amide bonds. The molecule has 6 N–H and O–H groups in total. The second-order valence-electron chi connectivity index (χ2n) is 3.65. The number of primary amides is 1. The number of aromatic nitrogens is 2. The highest BCUT2D eigenvalue weighted by Gasteiger charge is 1.96. The lowest BCUT2D eigenvalue weighted by molar-refractivity contribution is -0.191. The molecule has 2 aromatic rings. The normalized spacial score (nSPS) is 6.66. The molecule has 12 heteroatoms. The van der Waals surface area contributed by atoms with E-state index < -0.39 is 12.1 Å². The van der Waals surface area contributed by atoms with Gasteiger partial charge in [0.25, 0.3) is 5.91 Å². The van der Waals surface area contributed by atoms with Gasteiger partial charge in [0.1, 0.15) is 17.5 Å². The van der Waals surface area contributed by atoms with E-state index in [0.29, 0.717) is 11.4 Å². The third-order valence-electron chi connectivity index (χ3n) is 2.03. The van der Waals surface area contributed by atoms with E-state index in [4.69, 9.17) is 20.6 Å². The number of nitriles is 1. The molecule has 2 heterocycles. The maximum atomic E-state index is 10.4. The molecule has 0 atom stereocenters. The van der Waals surface area contributed by atoms with Crippen LogP contribution >= 0.6 is 0 Å². The summed E-state index contributed by atoms with van der Waals surface area (Å²) in [6.07, 6.45) is 2.72. The fourth-order valence-electron chi connectivity index (χ4n) is 1.02. The largest absolute Gasteiger partial charge is 0.507 e. The first-order chi connectivity index (χ1) is 12.5. The summed E-state index contributed by atoms with van der Waals surface area (Å²) >= 11 is 0. The number of nitrogens with zero attached hydrogens (tertiary/aromatic N) is 3. The van der Waals surface area contributed by atoms with Crippen molar-refractivity contribution in [1.29, 1.82) is 5.26 Å². The number of carbonyl (C=O) groups is 2. The second-order valence-corrected chi connectivity index (χ2v) is 3.65. The second kappa shape index (κ2) is 26.1. The Hall–Kier alpha value is -4.17. The van der Waals surface area contributed by atoms with Gasteiger partial charge in [0.2, 0.25) is 0 Å². The van der Waals surface area contributed by atoms with Gasteiger partial charge in [0, 0.05) is 12.4 Å². The Morgan fingerprint density at radius 2 is 1.41 bits per heavy atom. The monoisotopic (exact) mass is 412 g/mol. The number of amides is 1. The van der Waals surface area contributed by atoms with E-state index >= 15 is 0 Å². The molecule has 0 saturated carbocycles. The molecule has 0 aliphatic carbocycles. The minimum Gasteiger partial charge on any atom is -0.438 e. The maximum absolute atomic E-state index is 10.4. The zero-order valence-corrected chi connectivity index (χ0v) is 15.0. The molecule has 0 saturated heterocycles. The third kappa shape index (κ3) is 23.8. The smallest absolute Gasteiger partial charge is 0.438 e. The van der Waals surface area contributed by atoms with Crippen molar-refractivity contribution < 1.29 is 39.6 Å². The fourth-order valence-corrected chi connectivity index (χ4v) is 1.02. The van der Waals surface area contributed by atoms with Gasteiger partial charge in [-0.25, -0.2) is 9.78 Å². The number of pyridine rings is 2. The van der Waals surface area contributed by atoms with Crippen LogP contribution in [0.15, 0.2) is 48.8 Å². The van der Waals surface area contributed by atoms with Gasteiger partial charge in [-0.05, 0) is 24.3 Å². The van der Waals surface area contributed by atoms with Crippen molar-refractivity contribution in [3.63, 3.8) is 0 Å². The summed E-state index contributed by atoms with van der Waals surface area (Å²) in [6, 6.07) is 12.2. The number of ether oxygens (including phenoxy) is 2. The summed E-state index contributed by atoms with van der Waals surface area (Å²) in [6.45, 7) is 0. The maximum Gasteiger partial charge on any atom is 0.507 e. The molecule has 0 bridgehead atoms. The van der Waals surface area contributed by atoms with Gasteiger partial charge in [0.15, 0.2) is 0 Å². The van der Waals surface area contributed by atoms with Gasteiger partial charge in [-0.1, -0.05) is 19.6 Å². The number of rotatable bonds is 1. The molecular formula is C17H24N4O8. The molecule has 2 aromatic heterocycles. The highest BCUT2D eigenvalue weighted by Crippen LogP contribution is 1.89. The van der Waals surface area contributed by atoms with E-state index in [1.807, 2.05) is 6.07 Å². The minimum atomic E-state index is -0.657. The molecular weight excluding hydrogens is 388 g/mol. The lowest BCUT2D eigenvalue weighted by Crippen LogP contribution is -2.12. The van der Waals surface area contributed by atoms with Gasteiger partial charge < -0.3 is 26.2 Å². The van der Waals surface area contributed by atoms with Crippen molar-refractivity contribution in [1.82, 2.24) is 9.97 Å². The average molecular weight is 412 g/mol. The van der Waals surface area contributed by atoms with Crippen LogP contribution in [0.5, 0.6) is 0 Å². The number of methoxy groups -OCH3 is 2. The zero-order chi connectivity index (χ0) is 20.2.